The van der Waals surface area contributed by atoms with E-state index in [1.54, 1.807) is 18.2 Å². The van der Waals surface area contributed by atoms with Gasteiger partial charge in [-0.15, -0.1) is 0 Å². The van der Waals surface area contributed by atoms with Gasteiger partial charge in [0.1, 0.15) is 4.90 Å². The van der Waals surface area contributed by atoms with Crippen molar-refractivity contribution in [3.05, 3.63) is 59.7 Å². The molecule has 0 aliphatic heterocycles. The molecule has 4 nitrogen and oxygen atoms in total. The van der Waals surface area contributed by atoms with Crippen molar-refractivity contribution in [3.8, 4) is 0 Å². The topological polar surface area (TPSA) is 72.2 Å². The van der Waals surface area contributed by atoms with Gasteiger partial charge in [0.05, 0.1) is 5.69 Å². The van der Waals surface area contributed by atoms with Crippen LogP contribution < -0.4 is 10.5 Å². The van der Waals surface area contributed by atoms with Gasteiger partial charge in [0.25, 0.3) is 0 Å². The number of anilines is 1. The van der Waals surface area contributed by atoms with E-state index < -0.39 is 10.0 Å². The highest BCUT2D eigenvalue weighted by molar-refractivity contribution is 7.89. The Kier molecular flexibility index (Phi) is 4.42. The summed E-state index contributed by atoms with van der Waals surface area (Å²) in [5.41, 5.74) is 2.89. The Labute approximate surface area is 119 Å². The number of para-hydroxylation sites is 1. The van der Waals surface area contributed by atoms with E-state index in [0.717, 1.165) is 12.0 Å². The highest BCUT2D eigenvalue weighted by atomic mass is 32.2. The van der Waals surface area contributed by atoms with Crippen LogP contribution in [0.3, 0.4) is 0 Å². The summed E-state index contributed by atoms with van der Waals surface area (Å²) in [5.74, 6) is 0. The summed E-state index contributed by atoms with van der Waals surface area (Å²) >= 11 is 0. The molecule has 0 spiro atoms. The molecule has 0 aliphatic carbocycles. The fourth-order valence-electron chi connectivity index (χ4n) is 1.95. The smallest absolute Gasteiger partial charge is 0.240 e. The zero-order valence-electron chi connectivity index (χ0n) is 11.3. The molecule has 0 aliphatic rings. The predicted molar refractivity (Wildman–Crippen MR) is 81.0 cm³/mol. The quantitative estimate of drug-likeness (QED) is 0.888. The van der Waals surface area contributed by atoms with Crippen LogP contribution in [0.4, 0.5) is 5.69 Å². The van der Waals surface area contributed by atoms with E-state index in [-0.39, 0.29) is 4.90 Å². The fourth-order valence-corrected chi connectivity index (χ4v) is 2.67. The Bertz CT molecular complexity index is 679. The Morgan fingerprint density at radius 2 is 1.60 bits per heavy atom. The zero-order valence-corrected chi connectivity index (χ0v) is 12.2. The van der Waals surface area contributed by atoms with Crippen molar-refractivity contribution in [3.63, 3.8) is 0 Å². The molecule has 0 heterocycles. The van der Waals surface area contributed by atoms with Crippen molar-refractivity contribution >= 4 is 15.7 Å². The van der Waals surface area contributed by atoms with Gasteiger partial charge in [-0.2, -0.15) is 0 Å². The van der Waals surface area contributed by atoms with Crippen LogP contribution in [0.15, 0.2) is 53.4 Å². The van der Waals surface area contributed by atoms with Gasteiger partial charge < -0.3 is 5.32 Å². The molecule has 0 atom stereocenters. The summed E-state index contributed by atoms with van der Waals surface area (Å²) in [6.07, 6.45) is 1.00. The summed E-state index contributed by atoms with van der Waals surface area (Å²) < 4.78 is 23.0. The molecule has 2 rings (SSSR count). The number of hydrogen-bond donors (Lipinski definition) is 2. The summed E-state index contributed by atoms with van der Waals surface area (Å²) in [7, 11) is -3.71. The van der Waals surface area contributed by atoms with Crippen LogP contribution in [-0.4, -0.2) is 8.42 Å². The van der Waals surface area contributed by atoms with Crippen molar-refractivity contribution in [2.24, 2.45) is 5.14 Å². The van der Waals surface area contributed by atoms with E-state index in [9.17, 15) is 8.42 Å². The van der Waals surface area contributed by atoms with Crippen molar-refractivity contribution in [1.29, 1.82) is 0 Å². The maximum atomic E-state index is 11.5. The average Bonchev–Trinajstić information content (AvgIpc) is 2.45. The van der Waals surface area contributed by atoms with Crippen LogP contribution in [0, 0.1) is 0 Å². The standard InChI is InChI=1S/C15H18N2O2S/c1-2-12-7-9-13(10-8-12)11-17-14-5-3-4-6-15(14)20(16,18)19/h3-10,17H,2,11H2,1H3,(H2,16,18,19). The summed E-state index contributed by atoms with van der Waals surface area (Å²) in [5, 5.41) is 8.31. The van der Waals surface area contributed by atoms with Crippen molar-refractivity contribution in [1.82, 2.24) is 0 Å². The third-order valence-electron chi connectivity index (χ3n) is 3.11. The molecule has 20 heavy (non-hydrogen) atoms. The van der Waals surface area contributed by atoms with Gasteiger partial charge in [-0.1, -0.05) is 43.3 Å². The lowest BCUT2D eigenvalue weighted by Crippen LogP contribution is -2.15. The van der Waals surface area contributed by atoms with E-state index in [4.69, 9.17) is 5.14 Å². The highest BCUT2D eigenvalue weighted by Crippen LogP contribution is 2.20. The number of rotatable bonds is 5. The summed E-state index contributed by atoms with van der Waals surface area (Å²) in [4.78, 5) is 0.116. The Balaban J connectivity index is 2.15. The van der Waals surface area contributed by atoms with Crippen LogP contribution in [0.2, 0.25) is 0 Å². The first-order valence-electron chi connectivity index (χ1n) is 6.44. The highest BCUT2D eigenvalue weighted by Gasteiger charge is 2.12. The monoisotopic (exact) mass is 290 g/mol. The first kappa shape index (κ1) is 14.6. The maximum Gasteiger partial charge on any atom is 0.240 e. The molecule has 0 unspecified atom stereocenters. The zero-order chi connectivity index (χ0) is 14.6. The largest absolute Gasteiger partial charge is 0.380 e. The average molecular weight is 290 g/mol. The molecule has 5 heteroatoms. The normalized spacial score (nSPS) is 11.3. The van der Waals surface area contributed by atoms with E-state index in [0.29, 0.717) is 12.2 Å². The van der Waals surface area contributed by atoms with Crippen LogP contribution in [0.1, 0.15) is 18.1 Å². The second kappa shape index (κ2) is 6.07. The molecule has 0 saturated carbocycles. The Morgan fingerprint density at radius 3 is 2.20 bits per heavy atom. The van der Waals surface area contributed by atoms with Crippen molar-refractivity contribution < 1.29 is 8.42 Å². The van der Waals surface area contributed by atoms with Gasteiger partial charge in [0.15, 0.2) is 0 Å². The Hall–Kier alpha value is -1.85. The van der Waals surface area contributed by atoms with Crippen LogP contribution in [-0.2, 0) is 23.0 Å². The SMILES string of the molecule is CCc1ccc(CNc2ccccc2S(N)(=O)=O)cc1. The minimum atomic E-state index is -3.71. The molecule has 0 aromatic heterocycles. The van der Waals surface area contributed by atoms with Gasteiger partial charge in [-0.3, -0.25) is 0 Å². The van der Waals surface area contributed by atoms with Crippen LogP contribution >= 0.6 is 0 Å². The summed E-state index contributed by atoms with van der Waals surface area (Å²) in [6.45, 7) is 2.66. The number of aryl methyl sites for hydroxylation is 1. The van der Waals surface area contributed by atoms with Gasteiger partial charge in [0.2, 0.25) is 10.0 Å². The fraction of sp³-hybridized carbons (Fsp3) is 0.200. The lowest BCUT2D eigenvalue weighted by molar-refractivity contribution is 0.598. The first-order valence-corrected chi connectivity index (χ1v) is 7.99. The van der Waals surface area contributed by atoms with E-state index in [2.05, 4.69) is 24.4 Å². The second-order valence-electron chi connectivity index (χ2n) is 4.56. The first-order chi connectivity index (χ1) is 9.50. The van der Waals surface area contributed by atoms with Gasteiger partial charge in [-0.25, -0.2) is 13.6 Å². The third-order valence-corrected chi connectivity index (χ3v) is 4.08. The molecule has 3 N–H and O–H groups in total. The molecule has 0 saturated heterocycles. The number of nitrogens with two attached hydrogens (primary N) is 1. The number of primary sulfonamides is 1. The lowest BCUT2D eigenvalue weighted by atomic mass is 10.1. The molecular formula is C15H18N2O2S. The third kappa shape index (κ3) is 3.59. The molecule has 0 amide bonds. The van der Waals surface area contributed by atoms with E-state index in [1.807, 2.05) is 12.1 Å². The van der Waals surface area contributed by atoms with Gasteiger partial charge in [0, 0.05) is 6.54 Å². The molecule has 2 aromatic rings. The van der Waals surface area contributed by atoms with Gasteiger partial charge >= 0.3 is 0 Å². The number of hydrogen-bond acceptors (Lipinski definition) is 3. The van der Waals surface area contributed by atoms with Gasteiger partial charge in [-0.05, 0) is 29.7 Å². The molecular weight excluding hydrogens is 272 g/mol. The molecule has 2 aromatic carbocycles. The Morgan fingerprint density at radius 1 is 1.00 bits per heavy atom. The van der Waals surface area contributed by atoms with E-state index in [1.165, 1.54) is 11.6 Å². The second-order valence-corrected chi connectivity index (χ2v) is 6.09. The number of benzene rings is 2. The van der Waals surface area contributed by atoms with E-state index >= 15 is 0 Å². The predicted octanol–water partition coefficient (Wildman–Crippen LogP) is 2.51. The maximum absolute atomic E-state index is 11.5. The molecule has 0 fully saturated rings. The minimum Gasteiger partial charge on any atom is -0.380 e. The molecule has 0 radical (unpaired) electrons. The molecule has 0 bridgehead atoms. The minimum absolute atomic E-state index is 0.116. The van der Waals surface area contributed by atoms with Crippen molar-refractivity contribution in [2.75, 3.05) is 5.32 Å². The number of sulfonamides is 1. The number of nitrogens with one attached hydrogen (secondary N) is 1. The summed E-state index contributed by atoms with van der Waals surface area (Å²) in [6, 6.07) is 14.8. The molecule has 106 valence electrons. The van der Waals surface area contributed by atoms with Crippen LogP contribution in [0.5, 0.6) is 0 Å². The van der Waals surface area contributed by atoms with Crippen LogP contribution in [0.25, 0.3) is 0 Å². The van der Waals surface area contributed by atoms with Crippen molar-refractivity contribution in [2.45, 2.75) is 24.8 Å². The lowest BCUT2D eigenvalue weighted by Gasteiger charge is -2.10.